The standard InChI is InChI=1S/C21H24N2O2S/c1-15-7-5-6-8-17(15)12-23(2)13-18-14-26-21(22-18)16-9-10-19(24-3)20(11-16)25-4/h5-11,14H,12-13H2,1-4H3. The zero-order chi connectivity index (χ0) is 18.5. The van der Waals surface area contributed by atoms with Crippen molar-refractivity contribution in [2.24, 2.45) is 0 Å². The summed E-state index contributed by atoms with van der Waals surface area (Å²) in [6.45, 7) is 3.88. The summed E-state index contributed by atoms with van der Waals surface area (Å²) in [6, 6.07) is 14.4. The minimum Gasteiger partial charge on any atom is -0.493 e. The lowest BCUT2D eigenvalue weighted by molar-refractivity contribution is 0.315. The van der Waals surface area contributed by atoms with Crippen LogP contribution in [0.5, 0.6) is 11.5 Å². The highest BCUT2D eigenvalue weighted by atomic mass is 32.1. The molecule has 4 nitrogen and oxygen atoms in total. The molecule has 0 saturated heterocycles. The summed E-state index contributed by atoms with van der Waals surface area (Å²) >= 11 is 1.65. The molecule has 5 heteroatoms. The Morgan fingerprint density at radius 1 is 1.00 bits per heavy atom. The number of aryl methyl sites for hydroxylation is 1. The summed E-state index contributed by atoms with van der Waals surface area (Å²) in [4.78, 5) is 7.08. The van der Waals surface area contributed by atoms with Crippen LogP contribution in [0.3, 0.4) is 0 Å². The lowest BCUT2D eigenvalue weighted by Crippen LogP contribution is -2.18. The van der Waals surface area contributed by atoms with Gasteiger partial charge in [0.2, 0.25) is 0 Å². The maximum Gasteiger partial charge on any atom is 0.161 e. The van der Waals surface area contributed by atoms with Gasteiger partial charge in [-0.3, -0.25) is 4.90 Å². The molecule has 3 rings (SSSR count). The van der Waals surface area contributed by atoms with Crippen molar-refractivity contribution < 1.29 is 9.47 Å². The Morgan fingerprint density at radius 3 is 2.50 bits per heavy atom. The smallest absolute Gasteiger partial charge is 0.161 e. The Morgan fingerprint density at radius 2 is 1.77 bits per heavy atom. The van der Waals surface area contributed by atoms with Gasteiger partial charge in [-0.05, 0) is 43.3 Å². The molecule has 0 aliphatic carbocycles. The van der Waals surface area contributed by atoms with Crippen molar-refractivity contribution in [3.05, 3.63) is 64.7 Å². The van der Waals surface area contributed by atoms with E-state index in [1.54, 1.807) is 25.6 Å². The molecule has 0 radical (unpaired) electrons. The molecule has 0 atom stereocenters. The second-order valence-electron chi connectivity index (χ2n) is 6.31. The number of rotatable bonds is 7. The molecule has 0 N–H and O–H groups in total. The predicted molar refractivity (Wildman–Crippen MR) is 107 cm³/mol. The highest BCUT2D eigenvalue weighted by molar-refractivity contribution is 7.13. The molecular formula is C21H24N2O2S. The molecule has 0 aliphatic heterocycles. The van der Waals surface area contributed by atoms with Gasteiger partial charge >= 0.3 is 0 Å². The summed E-state index contributed by atoms with van der Waals surface area (Å²) < 4.78 is 10.7. The van der Waals surface area contributed by atoms with E-state index >= 15 is 0 Å². The first-order valence-corrected chi connectivity index (χ1v) is 9.38. The molecule has 0 aliphatic rings. The van der Waals surface area contributed by atoms with Gasteiger partial charge < -0.3 is 9.47 Å². The van der Waals surface area contributed by atoms with Crippen molar-refractivity contribution in [1.29, 1.82) is 0 Å². The Labute approximate surface area is 159 Å². The molecule has 0 fully saturated rings. The fourth-order valence-corrected chi connectivity index (χ4v) is 3.70. The molecule has 1 aromatic heterocycles. The van der Waals surface area contributed by atoms with Crippen LogP contribution in [0.4, 0.5) is 0 Å². The number of hydrogen-bond acceptors (Lipinski definition) is 5. The molecule has 1 heterocycles. The molecule has 0 spiro atoms. The van der Waals surface area contributed by atoms with Crippen molar-refractivity contribution in [1.82, 2.24) is 9.88 Å². The van der Waals surface area contributed by atoms with E-state index in [9.17, 15) is 0 Å². The third-order valence-electron chi connectivity index (χ3n) is 4.32. The topological polar surface area (TPSA) is 34.6 Å². The van der Waals surface area contributed by atoms with Crippen LogP contribution in [0.2, 0.25) is 0 Å². The third-order valence-corrected chi connectivity index (χ3v) is 5.26. The average Bonchev–Trinajstić information content (AvgIpc) is 3.11. The number of methoxy groups -OCH3 is 2. The molecule has 136 valence electrons. The van der Waals surface area contributed by atoms with Crippen LogP contribution < -0.4 is 9.47 Å². The van der Waals surface area contributed by atoms with Crippen molar-refractivity contribution in [2.75, 3.05) is 21.3 Å². The van der Waals surface area contributed by atoms with Gasteiger partial charge in [0.15, 0.2) is 11.5 Å². The lowest BCUT2D eigenvalue weighted by atomic mass is 10.1. The molecule has 2 aromatic carbocycles. The van der Waals surface area contributed by atoms with Crippen LogP contribution in [0.1, 0.15) is 16.8 Å². The molecule has 0 bridgehead atoms. The van der Waals surface area contributed by atoms with Gasteiger partial charge in [-0.15, -0.1) is 11.3 Å². The minimum absolute atomic E-state index is 0.721. The number of nitrogens with zero attached hydrogens (tertiary/aromatic N) is 2. The summed E-state index contributed by atoms with van der Waals surface area (Å²) in [5.41, 5.74) is 4.80. The quantitative estimate of drug-likeness (QED) is 0.602. The van der Waals surface area contributed by atoms with Crippen LogP contribution in [0, 0.1) is 6.92 Å². The summed E-state index contributed by atoms with van der Waals surface area (Å²) in [5.74, 6) is 1.45. The summed E-state index contributed by atoms with van der Waals surface area (Å²) in [6.07, 6.45) is 0. The predicted octanol–water partition coefficient (Wildman–Crippen LogP) is 4.77. The molecule has 0 amide bonds. The first-order chi connectivity index (χ1) is 12.6. The zero-order valence-corrected chi connectivity index (χ0v) is 16.5. The minimum atomic E-state index is 0.721. The molecule has 3 aromatic rings. The van der Waals surface area contributed by atoms with E-state index in [0.717, 1.165) is 40.9 Å². The molecule has 0 saturated carbocycles. The van der Waals surface area contributed by atoms with Crippen LogP contribution in [-0.2, 0) is 13.1 Å². The number of ether oxygens (including phenoxy) is 2. The Kier molecular flexibility index (Phi) is 5.91. The Balaban J connectivity index is 1.71. The van der Waals surface area contributed by atoms with E-state index in [1.165, 1.54) is 11.1 Å². The maximum absolute atomic E-state index is 5.39. The van der Waals surface area contributed by atoms with Crippen molar-refractivity contribution in [2.45, 2.75) is 20.0 Å². The van der Waals surface area contributed by atoms with E-state index in [4.69, 9.17) is 14.5 Å². The zero-order valence-electron chi connectivity index (χ0n) is 15.7. The van der Waals surface area contributed by atoms with Crippen molar-refractivity contribution in [3.8, 4) is 22.1 Å². The van der Waals surface area contributed by atoms with Crippen molar-refractivity contribution >= 4 is 11.3 Å². The molecule has 26 heavy (non-hydrogen) atoms. The van der Waals surface area contributed by atoms with Crippen LogP contribution in [0.15, 0.2) is 47.8 Å². The van der Waals surface area contributed by atoms with E-state index in [-0.39, 0.29) is 0 Å². The fourth-order valence-electron chi connectivity index (χ4n) is 2.89. The van der Waals surface area contributed by atoms with Gasteiger partial charge in [-0.1, -0.05) is 24.3 Å². The van der Waals surface area contributed by atoms with Gasteiger partial charge in [0.25, 0.3) is 0 Å². The van der Waals surface area contributed by atoms with Gasteiger partial charge in [0.1, 0.15) is 5.01 Å². The van der Waals surface area contributed by atoms with E-state index < -0.39 is 0 Å². The van der Waals surface area contributed by atoms with Gasteiger partial charge in [-0.25, -0.2) is 4.98 Å². The van der Waals surface area contributed by atoms with Crippen LogP contribution in [-0.4, -0.2) is 31.2 Å². The normalized spacial score (nSPS) is 11.0. The number of hydrogen-bond donors (Lipinski definition) is 0. The first kappa shape index (κ1) is 18.4. The third kappa shape index (κ3) is 4.23. The van der Waals surface area contributed by atoms with Crippen molar-refractivity contribution in [3.63, 3.8) is 0 Å². The number of benzene rings is 2. The van der Waals surface area contributed by atoms with E-state index in [0.29, 0.717) is 0 Å². The van der Waals surface area contributed by atoms with E-state index in [2.05, 4.69) is 48.5 Å². The lowest BCUT2D eigenvalue weighted by Gasteiger charge is -2.16. The summed E-state index contributed by atoms with van der Waals surface area (Å²) in [5, 5.41) is 3.12. The second kappa shape index (κ2) is 8.34. The number of aromatic nitrogens is 1. The van der Waals surface area contributed by atoms with Crippen LogP contribution in [0.25, 0.3) is 10.6 Å². The number of thiazole rings is 1. The monoisotopic (exact) mass is 368 g/mol. The SMILES string of the molecule is COc1ccc(-c2nc(CN(C)Cc3ccccc3C)cs2)cc1OC. The van der Waals surface area contributed by atoms with Gasteiger partial charge in [0, 0.05) is 24.0 Å². The van der Waals surface area contributed by atoms with Crippen LogP contribution >= 0.6 is 11.3 Å². The van der Waals surface area contributed by atoms with Gasteiger partial charge in [-0.2, -0.15) is 0 Å². The highest BCUT2D eigenvalue weighted by Crippen LogP contribution is 2.33. The summed E-state index contributed by atoms with van der Waals surface area (Å²) in [7, 11) is 5.42. The van der Waals surface area contributed by atoms with E-state index in [1.807, 2.05) is 18.2 Å². The first-order valence-electron chi connectivity index (χ1n) is 8.50. The molecular weight excluding hydrogens is 344 g/mol. The Hall–Kier alpha value is -2.37. The maximum atomic E-state index is 5.39. The average molecular weight is 369 g/mol. The Bertz CT molecular complexity index is 876. The molecule has 0 unspecified atom stereocenters. The largest absolute Gasteiger partial charge is 0.493 e. The second-order valence-corrected chi connectivity index (χ2v) is 7.17. The van der Waals surface area contributed by atoms with Gasteiger partial charge in [0.05, 0.1) is 19.9 Å². The fraction of sp³-hybridized carbons (Fsp3) is 0.286. The highest BCUT2D eigenvalue weighted by Gasteiger charge is 2.11.